The molecule has 5 nitrogen and oxygen atoms in total. The Hall–Kier alpha value is -2.79. The Bertz CT molecular complexity index is 956. The van der Waals surface area contributed by atoms with Crippen LogP contribution in [0.5, 0.6) is 5.75 Å². The second-order valence-corrected chi connectivity index (χ2v) is 8.51. The van der Waals surface area contributed by atoms with Crippen molar-refractivity contribution in [1.29, 1.82) is 0 Å². The van der Waals surface area contributed by atoms with E-state index in [1.54, 1.807) is 52.1 Å². The molecule has 0 spiro atoms. The average Bonchev–Trinajstić information content (AvgIpc) is 2.92. The summed E-state index contributed by atoms with van der Waals surface area (Å²) >= 11 is 6.02. The maximum Gasteiger partial charge on any atom is 0.290 e. The van der Waals surface area contributed by atoms with E-state index in [1.807, 2.05) is 24.3 Å². The van der Waals surface area contributed by atoms with Crippen LogP contribution in [0.15, 0.2) is 59.9 Å². The molecular formula is C23H24ClNO4. The summed E-state index contributed by atoms with van der Waals surface area (Å²) in [7, 11) is 1.59. The molecule has 0 aromatic heterocycles. The van der Waals surface area contributed by atoms with Crippen molar-refractivity contribution in [2.24, 2.45) is 5.41 Å². The van der Waals surface area contributed by atoms with Crippen molar-refractivity contribution in [1.82, 2.24) is 4.90 Å². The minimum Gasteiger partial charge on any atom is -0.503 e. The van der Waals surface area contributed by atoms with Gasteiger partial charge in [-0.1, -0.05) is 56.6 Å². The SMILES string of the molecule is COc1ccc(CN2C(=O)C(O)=C(C(=O)C(C)(C)C)C2c2ccc(Cl)cc2)cc1. The van der Waals surface area contributed by atoms with Crippen LogP contribution in [0.1, 0.15) is 37.9 Å². The van der Waals surface area contributed by atoms with Gasteiger partial charge in [-0.15, -0.1) is 0 Å². The van der Waals surface area contributed by atoms with E-state index < -0.39 is 23.1 Å². The summed E-state index contributed by atoms with van der Waals surface area (Å²) in [5, 5.41) is 11.2. The standard InChI is InChI=1S/C23H24ClNO4/c1-23(2,3)21(27)18-19(15-7-9-16(24)10-8-15)25(22(28)20(18)26)13-14-5-11-17(29-4)12-6-14/h5-12,19,26H,13H2,1-4H3. The third kappa shape index (κ3) is 4.15. The van der Waals surface area contributed by atoms with Crippen LogP contribution in [0.2, 0.25) is 5.02 Å². The molecular weight excluding hydrogens is 390 g/mol. The smallest absolute Gasteiger partial charge is 0.290 e. The predicted octanol–water partition coefficient (Wildman–Crippen LogP) is 4.86. The Labute approximate surface area is 175 Å². The molecule has 1 aliphatic rings. The van der Waals surface area contributed by atoms with E-state index >= 15 is 0 Å². The van der Waals surface area contributed by atoms with E-state index in [4.69, 9.17) is 16.3 Å². The summed E-state index contributed by atoms with van der Waals surface area (Å²) in [6.07, 6.45) is 0. The van der Waals surface area contributed by atoms with Crippen LogP contribution in [0.3, 0.4) is 0 Å². The van der Waals surface area contributed by atoms with Crippen LogP contribution in [0.25, 0.3) is 0 Å². The highest BCUT2D eigenvalue weighted by molar-refractivity contribution is 6.30. The Morgan fingerprint density at radius 2 is 1.69 bits per heavy atom. The number of Topliss-reactive ketones (excluding diaryl/α,β-unsaturated/α-hetero) is 1. The number of halogens is 1. The molecule has 1 unspecified atom stereocenters. The van der Waals surface area contributed by atoms with E-state index in [1.165, 1.54) is 4.90 Å². The number of ether oxygens (including phenoxy) is 1. The number of carbonyl (C=O) groups is 2. The quantitative estimate of drug-likeness (QED) is 0.760. The van der Waals surface area contributed by atoms with Crippen LogP contribution in [-0.2, 0) is 16.1 Å². The lowest BCUT2D eigenvalue weighted by atomic mass is 9.82. The van der Waals surface area contributed by atoms with Crippen LogP contribution < -0.4 is 4.74 Å². The fourth-order valence-electron chi connectivity index (χ4n) is 3.37. The number of ketones is 1. The van der Waals surface area contributed by atoms with Crippen molar-refractivity contribution in [2.75, 3.05) is 7.11 Å². The minimum atomic E-state index is -0.746. The van der Waals surface area contributed by atoms with Crippen molar-refractivity contribution < 1.29 is 19.4 Å². The largest absolute Gasteiger partial charge is 0.503 e. The van der Waals surface area contributed by atoms with Gasteiger partial charge in [0, 0.05) is 17.0 Å². The molecule has 2 aromatic carbocycles. The van der Waals surface area contributed by atoms with E-state index in [0.29, 0.717) is 16.3 Å². The number of methoxy groups -OCH3 is 1. The van der Waals surface area contributed by atoms with Gasteiger partial charge in [0.2, 0.25) is 0 Å². The first-order chi connectivity index (χ1) is 13.6. The highest BCUT2D eigenvalue weighted by atomic mass is 35.5. The lowest BCUT2D eigenvalue weighted by molar-refractivity contribution is -0.130. The zero-order chi connectivity index (χ0) is 21.3. The van der Waals surface area contributed by atoms with Crippen molar-refractivity contribution in [3.05, 3.63) is 76.0 Å². The summed E-state index contributed by atoms with van der Waals surface area (Å²) < 4.78 is 5.18. The fourth-order valence-corrected chi connectivity index (χ4v) is 3.50. The van der Waals surface area contributed by atoms with Crippen molar-refractivity contribution >= 4 is 23.3 Å². The number of rotatable bonds is 5. The van der Waals surface area contributed by atoms with E-state index in [9.17, 15) is 14.7 Å². The number of hydrogen-bond acceptors (Lipinski definition) is 4. The number of aliphatic hydroxyl groups is 1. The molecule has 0 fully saturated rings. The zero-order valence-corrected chi connectivity index (χ0v) is 17.7. The second kappa shape index (κ2) is 7.91. The molecule has 0 saturated carbocycles. The van der Waals surface area contributed by atoms with E-state index in [-0.39, 0.29) is 17.9 Å². The summed E-state index contributed by atoms with van der Waals surface area (Å²) in [6, 6.07) is 13.6. The van der Waals surface area contributed by atoms with Gasteiger partial charge in [0.15, 0.2) is 11.5 Å². The maximum absolute atomic E-state index is 13.1. The number of nitrogens with zero attached hydrogens (tertiary/aromatic N) is 1. The number of aliphatic hydroxyl groups excluding tert-OH is 1. The highest BCUT2D eigenvalue weighted by Gasteiger charge is 2.45. The predicted molar refractivity (Wildman–Crippen MR) is 112 cm³/mol. The minimum absolute atomic E-state index is 0.123. The van der Waals surface area contributed by atoms with Crippen molar-refractivity contribution in [3.63, 3.8) is 0 Å². The highest BCUT2D eigenvalue weighted by Crippen LogP contribution is 2.41. The maximum atomic E-state index is 13.1. The molecule has 3 rings (SSSR count). The fraction of sp³-hybridized carbons (Fsp3) is 0.304. The lowest BCUT2D eigenvalue weighted by Gasteiger charge is -2.29. The normalized spacial score (nSPS) is 17.1. The van der Waals surface area contributed by atoms with Crippen LogP contribution in [-0.4, -0.2) is 28.8 Å². The number of carbonyl (C=O) groups excluding carboxylic acids is 2. The van der Waals surface area contributed by atoms with Gasteiger partial charge in [-0.3, -0.25) is 9.59 Å². The first kappa shape index (κ1) is 20.9. The first-order valence-corrected chi connectivity index (χ1v) is 9.68. The van der Waals surface area contributed by atoms with Gasteiger partial charge in [-0.25, -0.2) is 0 Å². The molecule has 0 radical (unpaired) electrons. The van der Waals surface area contributed by atoms with Gasteiger partial charge in [0.1, 0.15) is 5.75 Å². The molecule has 29 heavy (non-hydrogen) atoms. The Balaban J connectivity index is 2.05. The molecule has 0 saturated heterocycles. The number of hydrogen-bond donors (Lipinski definition) is 1. The number of benzene rings is 2. The average molecular weight is 414 g/mol. The Morgan fingerprint density at radius 3 is 2.21 bits per heavy atom. The Kier molecular flexibility index (Phi) is 5.71. The third-order valence-electron chi connectivity index (χ3n) is 4.93. The molecule has 1 N–H and O–H groups in total. The topological polar surface area (TPSA) is 66.8 Å². The van der Waals surface area contributed by atoms with E-state index in [2.05, 4.69) is 0 Å². The van der Waals surface area contributed by atoms with Crippen LogP contribution in [0.4, 0.5) is 0 Å². The van der Waals surface area contributed by atoms with Crippen molar-refractivity contribution in [2.45, 2.75) is 33.4 Å². The van der Waals surface area contributed by atoms with Gasteiger partial charge in [-0.05, 0) is 35.4 Å². The summed E-state index contributed by atoms with van der Waals surface area (Å²) in [5.41, 5.74) is 0.950. The van der Waals surface area contributed by atoms with Gasteiger partial charge < -0.3 is 14.7 Å². The van der Waals surface area contributed by atoms with Crippen molar-refractivity contribution in [3.8, 4) is 5.75 Å². The van der Waals surface area contributed by atoms with Gasteiger partial charge in [-0.2, -0.15) is 0 Å². The van der Waals surface area contributed by atoms with Gasteiger partial charge >= 0.3 is 0 Å². The molecule has 1 aliphatic heterocycles. The molecule has 0 aliphatic carbocycles. The zero-order valence-electron chi connectivity index (χ0n) is 16.9. The lowest BCUT2D eigenvalue weighted by Crippen LogP contribution is -2.32. The molecule has 2 aromatic rings. The first-order valence-electron chi connectivity index (χ1n) is 9.30. The molecule has 1 amide bonds. The molecule has 0 bridgehead atoms. The summed E-state index contributed by atoms with van der Waals surface area (Å²) in [4.78, 5) is 27.6. The van der Waals surface area contributed by atoms with E-state index in [0.717, 1.165) is 5.56 Å². The molecule has 1 heterocycles. The summed E-state index contributed by atoms with van der Waals surface area (Å²) in [6.45, 7) is 5.54. The van der Waals surface area contributed by atoms with Gasteiger partial charge in [0.05, 0.1) is 18.7 Å². The molecule has 152 valence electrons. The summed E-state index contributed by atoms with van der Waals surface area (Å²) in [5.74, 6) is -0.604. The van der Waals surface area contributed by atoms with Crippen LogP contribution >= 0.6 is 11.6 Å². The number of amides is 1. The monoisotopic (exact) mass is 413 g/mol. The van der Waals surface area contributed by atoms with Gasteiger partial charge in [0.25, 0.3) is 5.91 Å². The second-order valence-electron chi connectivity index (χ2n) is 8.08. The third-order valence-corrected chi connectivity index (χ3v) is 5.18. The Morgan fingerprint density at radius 1 is 1.10 bits per heavy atom. The molecule has 6 heteroatoms. The molecule has 1 atom stereocenters. The van der Waals surface area contributed by atoms with Crippen LogP contribution in [0, 0.1) is 5.41 Å².